The summed E-state index contributed by atoms with van der Waals surface area (Å²) in [7, 11) is 1.61. The highest BCUT2D eigenvalue weighted by molar-refractivity contribution is 7.99. The number of hydrogen-bond acceptors (Lipinski definition) is 7. The van der Waals surface area contributed by atoms with Gasteiger partial charge in [-0.1, -0.05) is 30.8 Å². The highest BCUT2D eigenvalue weighted by Crippen LogP contribution is 2.23. The van der Waals surface area contributed by atoms with E-state index in [2.05, 4.69) is 10.2 Å². The minimum Gasteiger partial charge on any atom is -0.497 e. The number of para-hydroxylation sites is 1. The third-order valence-electron chi connectivity index (χ3n) is 4.83. The fourth-order valence-electron chi connectivity index (χ4n) is 3.34. The summed E-state index contributed by atoms with van der Waals surface area (Å²) in [5.41, 5.74) is 0.688. The monoisotopic (exact) mass is 440 g/mol. The van der Waals surface area contributed by atoms with Crippen LogP contribution < -0.4 is 15.0 Å². The van der Waals surface area contributed by atoms with E-state index in [1.165, 1.54) is 11.8 Å². The van der Waals surface area contributed by atoms with Gasteiger partial charge in [0.15, 0.2) is 5.16 Å². The Bertz CT molecular complexity index is 1240. The average Bonchev–Trinajstić information content (AvgIpc) is 3.23. The van der Waals surface area contributed by atoms with E-state index in [1.807, 2.05) is 35.6 Å². The Balaban J connectivity index is 1.52. The molecule has 0 spiro atoms. The van der Waals surface area contributed by atoms with Crippen LogP contribution in [0, 0.1) is 0 Å². The Morgan fingerprint density at radius 2 is 1.84 bits per heavy atom. The zero-order valence-corrected chi connectivity index (χ0v) is 18.2. The number of aryl methyl sites for hydroxylation is 1. The largest absolute Gasteiger partial charge is 0.497 e. The molecule has 31 heavy (non-hydrogen) atoms. The molecule has 4 rings (SSSR count). The summed E-state index contributed by atoms with van der Waals surface area (Å²) < 4.78 is 14.3. The van der Waals surface area contributed by atoms with E-state index in [0.29, 0.717) is 34.4 Å². The predicted octanol–water partition coefficient (Wildman–Crippen LogP) is 2.99. The first-order valence-corrected chi connectivity index (χ1v) is 11.0. The molecule has 0 bridgehead atoms. The van der Waals surface area contributed by atoms with Crippen LogP contribution in [0.25, 0.3) is 16.7 Å². The number of aliphatic hydroxyl groups excluding tert-OH is 1. The first-order valence-electron chi connectivity index (χ1n) is 10.1. The van der Waals surface area contributed by atoms with Crippen LogP contribution in [0.5, 0.6) is 11.5 Å². The van der Waals surface area contributed by atoms with E-state index in [4.69, 9.17) is 9.47 Å². The van der Waals surface area contributed by atoms with Gasteiger partial charge in [0, 0.05) is 12.3 Å². The second-order valence-corrected chi connectivity index (χ2v) is 8.03. The van der Waals surface area contributed by atoms with Crippen LogP contribution in [-0.2, 0) is 6.54 Å². The van der Waals surface area contributed by atoms with Gasteiger partial charge in [0.1, 0.15) is 18.1 Å². The Morgan fingerprint density at radius 3 is 2.58 bits per heavy atom. The summed E-state index contributed by atoms with van der Waals surface area (Å²) in [6, 6.07) is 14.6. The predicted molar refractivity (Wildman–Crippen MR) is 120 cm³/mol. The SMILES string of the molecule is CCCn1c(=O)c2ccccc2n2c(SCC(O)COc3ccc(OC)cc3)nnc12. The molecule has 0 fully saturated rings. The minimum atomic E-state index is -0.702. The summed E-state index contributed by atoms with van der Waals surface area (Å²) in [4.78, 5) is 12.9. The molecule has 0 aliphatic heterocycles. The number of thioether (sulfide) groups is 1. The van der Waals surface area contributed by atoms with E-state index in [1.54, 1.807) is 35.9 Å². The van der Waals surface area contributed by atoms with Crippen molar-refractivity contribution in [3.05, 3.63) is 58.9 Å². The summed E-state index contributed by atoms with van der Waals surface area (Å²) in [6.45, 7) is 2.73. The third kappa shape index (κ3) is 4.38. The Labute approximate surface area is 183 Å². The molecular formula is C22H24N4O4S. The molecule has 4 aromatic rings. The van der Waals surface area contributed by atoms with Gasteiger partial charge >= 0.3 is 0 Å². The number of rotatable bonds is 9. The molecule has 0 saturated carbocycles. The van der Waals surface area contributed by atoms with E-state index in [-0.39, 0.29) is 12.2 Å². The topological polar surface area (TPSA) is 90.9 Å². The van der Waals surface area contributed by atoms with Gasteiger partial charge in [-0.25, -0.2) is 0 Å². The van der Waals surface area contributed by atoms with E-state index < -0.39 is 6.10 Å². The molecule has 0 radical (unpaired) electrons. The first kappa shape index (κ1) is 21.2. The number of aliphatic hydroxyl groups is 1. The maximum atomic E-state index is 12.9. The molecule has 1 N–H and O–H groups in total. The van der Waals surface area contributed by atoms with Gasteiger partial charge in [-0.3, -0.25) is 13.8 Å². The van der Waals surface area contributed by atoms with Gasteiger partial charge in [0.2, 0.25) is 5.78 Å². The van der Waals surface area contributed by atoms with Gasteiger partial charge < -0.3 is 14.6 Å². The Kier molecular flexibility index (Phi) is 6.43. The van der Waals surface area contributed by atoms with E-state index in [0.717, 1.165) is 17.7 Å². The number of benzene rings is 2. The molecule has 2 heterocycles. The van der Waals surface area contributed by atoms with Gasteiger partial charge in [0.05, 0.1) is 24.1 Å². The average molecular weight is 441 g/mol. The van der Waals surface area contributed by atoms with Crippen molar-refractivity contribution in [2.24, 2.45) is 0 Å². The normalized spacial score (nSPS) is 12.4. The molecule has 8 nitrogen and oxygen atoms in total. The molecule has 1 unspecified atom stereocenters. The molecular weight excluding hydrogens is 416 g/mol. The fraction of sp³-hybridized carbons (Fsp3) is 0.318. The number of aromatic nitrogens is 4. The minimum absolute atomic E-state index is 0.0678. The van der Waals surface area contributed by atoms with Crippen molar-refractivity contribution in [2.45, 2.75) is 31.1 Å². The van der Waals surface area contributed by atoms with Crippen LogP contribution in [0.2, 0.25) is 0 Å². The van der Waals surface area contributed by atoms with Crippen LogP contribution in [-0.4, -0.2) is 49.8 Å². The van der Waals surface area contributed by atoms with Crippen LogP contribution >= 0.6 is 11.8 Å². The molecule has 9 heteroatoms. The van der Waals surface area contributed by atoms with Gasteiger partial charge in [0.25, 0.3) is 5.56 Å². The summed E-state index contributed by atoms with van der Waals surface area (Å²) in [5, 5.41) is 20.2. The van der Waals surface area contributed by atoms with Crippen LogP contribution in [0.4, 0.5) is 0 Å². The second kappa shape index (κ2) is 9.40. The molecule has 0 amide bonds. The molecule has 2 aromatic carbocycles. The zero-order chi connectivity index (χ0) is 21.8. The maximum absolute atomic E-state index is 12.9. The van der Waals surface area contributed by atoms with Gasteiger partial charge in [-0.2, -0.15) is 0 Å². The summed E-state index contributed by atoms with van der Waals surface area (Å²) >= 11 is 1.38. The summed E-state index contributed by atoms with van der Waals surface area (Å²) in [5.74, 6) is 2.29. The number of nitrogens with zero attached hydrogens (tertiary/aromatic N) is 4. The fourth-order valence-corrected chi connectivity index (χ4v) is 4.18. The lowest BCUT2D eigenvalue weighted by Gasteiger charge is -2.13. The van der Waals surface area contributed by atoms with Gasteiger partial charge in [-0.05, 0) is 42.8 Å². The highest BCUT2D eigenvalue weighted by atomic mass is 32.2. The van der Waals surface area contributed by atoms with Crippen LogP contribution in [0.15, 0.2) is 58.5 Å². The standard InChI is InChI=1S/C22H24N4O4S/c1-3-12-25-20(28)18-6-4-5-7-19(18)26-21(25)23-24-22(26)31-14-15(27)13-30-17-10-8-16(29-2)9-11-17/h4-11,15,27H,3,12-14H2,1-2H3. The molecule has 162 valence electrons. The van der Waals surface area contributed by atoms with Crippen molar-refractivity contribution in [3.63, 3.8) is 0 Å². The lowest BCUT2D eigenvalue weighted by molar-refractivity contribution is 0.126. The second-order valence-electron chi connectivity index (χ2n) is 7.04. The van der Waals surface area contributed by atoms with Crippen molar-refractivity contribution < 1.29 is 14.6 Å². The molecule has 2 aromatic heterocycles. The Hall–Kier alpha value is -3.04. The lowest BCUT2D eigenvalue weighted by Crippen LogP contribution is -2.23. The first-order chi connectivity index (χ1) is 15.1. The van der Waals surface area contributed by atoms with Crippen molar-refractivity contribution >= 4 is 28.4 Å². The number of fused-ring (bicyclic) bond motifs is 3. The van der Waals surface area contributed by atoms with Crippen LogP contribution in [0.3, 0.4) is 0 Å². The summed E-state index contributed by atoms with van der Waals surface area (Å²) in [6.07, 6.45) is 0.109. The smallest absolute Gasteiger partial charge is 0.262 e. The maximum Gasteiger partial charge on any atom is 0.262 e. The zero-order valence-electron chi connectivity index (χ0n) is 17.4. The van der Waals surface area contributed by atoms with Crippen molar-refractivity contribution in [1.82, 2.24) is 19.2 Å². The Morgan fingerprint density at radius 1 is 1.10 bits per heavy atom. The van der Waals surface area contributed by atoms with Crippen molar-refractivity contribution in [1.29, 1.82) is 0 Å². The third-order valence-corrected chi connectivity index (χ3v) is 5.91. The van der Waals surface area contributed by atoms with Gasteiger partial charge in [-0.15, -0.1) is 10.2 Å². The number of methoxy groups -OCH3 is 1. The molecule has 0 aliphatic rings. The van der Waals surface area contributed by atoms with Crippen molar-refractivity contribution in [3.8, 4) is 11.5 Å². The van der Waals surface area contributed by atoms with E-state index in [9.17, 15) is 9.90 Å². The lowest BCUT2D eigenvalue weighted by atomic mass is 10.2. The number of hydrogen-bond donors (Lipinski definition) is 1. The van der Waals surface area contributed by atoms with Crippen molar-refractivity contribution in [2.75, 3.05) is 19.5 Å². The highest BCUT2D eigenvalue weighted by Gasteiger charge is 2.17. The van der Waals surface area contributed by atoms with Crippen LogP contribution in [0.1, 0.15) is 13.3 Å². The quantitative estimate of drug-likeness (QED) is 0.400. The molecule has 0 saturated heterocycles. The molecule has 1 atom stereocenters. The van der Waals surface area contributed by atoms with E-state index >= 15 is 0 Å². The number of ether oxygens (including phenoxy) is 2. The molecule has 0 aliphatic carbocycles.